The molecule has 1 saturated carbocycles. The van der Waals surface area contributed by atoms with Crippen molar-refractivity contribution in [3.8, 4) is 0 Å². The van der Waals surface area contributed by atoms with Crippen LogP contribution in [0.1, 0.15) is 32.1 Å². The van der Waals surface area contributed by atoms with Crippen LogP contribution >= 0.6 is 0 Å². The SMILES string of the molecule is C1=[13CH][C@@H]2CCC[C@H](C1)C2. The summed E-state index contributed by atoms with van der Waals surface area (Å²) in [4.78, 5) is 0. The highest BCUT2D eigenvalue weighted by atomic mass is 14.4. The number of fused-ring (bicyclic) bond motifs is 2. The summed E-state index contributed by atoms with van der Waals surface area (Å²) < 4.78 is 0. The van der Waals surface area contributed by atoms with Crippen molar-refractivity contribution in [2.24, 2.45) is 11.8 Å². The molecule has 2 aliphatic rings. The van der Waals surface area contributed by atoms with E-state index in [0.29, 0.717) is 0 Å². The van der Waals surface area contributed by atoms with Crippen molar-refractivity contribution in [3.05, 3.63) is 12.2 Å². The van der Waals surface area contributed by atoms with Crippen LogP contribution in [0.3, 0.4) is 0 Å². The molecule has 0 heterocycles. The lowest BCUT2D eigenvalue weighted by molar-refractivity contribution is 0.291. The lowest BCUT2D eigenvalue weighted by Gasteiger charge is -2.29. The van der Waals surface area contributed by atoms with Crippen molar-refractivity contribution in [1.82, 2.24) is 0 Å². The van der Waals surface area contributed by atoms with Gasteiger partial charge in [-0.15, -0.1) is 0 Å². The summed E-state index contributed by atoms with van der Waals surface area (Å²) >= 11 is 0. The summed E-state index contributed by atoms with van der Waals surface area (Å²) in [6.45, 7) is 0. The molecule has 0 aromatic rings. The standard InChI is InChI=1S/C9H14/c1-3-8-5-2-6-9(4-1)7-8/h1,3,8-9H,2,4-7H2/t8-,9+/m1/s1/i3+1. The molecule has 2 bridgehead atoms. The number of rotatable bonds is 0. The van der Waals surface area contributed by atoms with E-state index in [0.717, 1.165) is 11.8 Å². The molecule has 50 valence electrons. The van der Waals surface area contributed by atoms with E-state index in [1.54, 1.807) is 0 Å². The van der Waals surface area contributed by atoms with Crippen molar-refractivity contribution in [2.75, 3.05) is 0 Å². The predicted octanol–water partition coefficient (Wildman–Crippen LogP) is 2.75. The van der Waals surface area contributed by atoms with Crippen LogP contribution in [0.4, 0.5) is 0 Å². The van der Waals surface area contributed by atoms with Gasteiger partial charge in [-0.25, -0.2) is 0 Å². The fraction of sp³-hybridized carbons (Fsp3) is 0.778. The second-order valence-corrected chi connectivity index (χ2v) is 3.46. The van der Waals surface area contributed by atoms with Gasteiger partial charge >= 0.3 is 0 Å². The van der Waals surface area contributed by atoms with Crippen LogP contribution in [0.5, 0.6) is 0 Å². The molecule has 0 N–H and O–H groups in total. The number of hydrogen-bond acceptors (Lipinski definition) is 0. The topological polar surface area (TPSA) is 0 Å². The molecule has 0 unspecified atom stereocenters. The third-order valence-electron chi connectivity index (χ3n) is 2.70. The highest BCUT2D eigenvalue weighted by Crippen LogP contribution is 2.35. The zero-order valence-electron chi connectivity index (χ0n) is 5.84. The Hall–Kier alpha value is -0.260. The van der Waals surface area contributed by atoms with Gasteiger partial charge in [0.05, 0.1) is 0 Å². The summed E-state index contributed by atoms with van der Waals surface area (Å²) in [5, 5.41) is 0. The van der Waals surface area contributed by atoms with E-state index in [1.807, 2.05) is 0 Å². The minimum Gasteiger partial charge on any atom is -0.0880 e. The molecule has 1 fully saturated rings. The molecule has 2 aliphatic carbocycles. The van der Waals surface area contributed by atoms with Gasteiger partial charge in [-0.3, -0.25) is 0 Å². The Balaban J connectivity index is 2.09. The van der Waals surface area contributed by atoms with Crippen molar-refractivity contribution >= 4 is 0 Å². The van der Waals surface area contributed by atoms with E-state index in [1.165, 1.54) is 32.1 Å². The maximum atomic E-state index is 2.43. The first-order chi connectivity index (χ1) is 4.45. The lowest BCUT2D eigenvalue weighted by atomic mass is 9.80. The first-order valence-electron chi connectivity index (χ1n) is 4.12. The third-order valence-corrected chi connectivity index (χ3v) is 2.70. The molecule has 0 aromatic carbocycles. The number of allylic oxidation sites excluding steroid dienone is 2. The molecule has 2 rings (SSSR count). The maximum absolute atomic E-state index is 2.43. The highest BCUT2D eigenvalue weighted by molar-refractivity contribution is 4.98. The Morgan fingerprint density at radius 3 is 3.00 bits per heavy atom. The fourth-order valence-electron chi connectivity index (χ4n) is 2.18. The van der Waals surface area contributed by atoms with E-state index in [9.17, 15) is 0 Å². The minimum absolute atomic E-state index is 0.970. The Labute approximate surface area is 57.0 Å². The second kappa shape index (κ2) is 2.17. The van der Waals surface area contributed by atoms with E-state index < -0.39 is 0 Å². The van der Waals surface area contributed by atoms with Gasteiger partial charge in [0.15, 0.2) is 0 Å². The maximum Gasteiger partial charge on any atom is -0.0231 e. The normalized spacial score (nSPS) is 40.9. The summed E-state index contributed by atoms with van der Waals surface area (Å²) in [6.07, 6.45) is 12.1. The second-order valence-electron chi connectivity index (χ2n) is 3.46. The summed E-state index contributed by atoms with van der Waals surface area (Å²) in [6, 6.07) is 0. The molecule has 0 nitrogen and oxygen atoms in total. The molecular weight excluding hydrogens is 109 g/mol. The monoisotopic (exact) mass is 123 g/mol. The lowest BCUT2D eigenvalue weighted by Crippen LogP contribution is -2.16. The van der Waals surface area contributed by atoms with Gasteiger partial charge in [0.25, 0.3) is 0 Å². The van der Waals surface area contributed by atoms with Crippen LogP contribution in [0.2, 0.25) is 0 Å². The third kappa shape index (κ3) is 1.03. The highest BCUT2D eigenvalue weighted by Gasteiger charge is 2.21. The van der Waals surface area contributed by atoms with E-state index in [4.69, 9.17) is 0 Å². The molecule has 0 heteroatoms. The first-order valence-corrected chi connectivity index (χ1v) is 4.12. The van der Waals surface area contributed by atoms with Crippen molar-refractivity contribution in [2.45, 2.75) is 32.1 Å². The van der Waals surface area contributed by atoms with Gasteiger partial charge in [-0.1, -0.05) is 25.0 Å². The molecule has 0 aromatic heterocycles. The first kappa shape index (κ1) is 5.52. The quantitative estimate of drug-likeness (QED) is 0.343. The molecule has 9 heavy (non-hydrogen) atoms. The average Bonchev–Trinajstić information content (AvgIpc) is 1.88. The predicted molar refractivity (Wildman–Crippen MR) is 39.2 cm³/mol. The smallest absolute Gasteiger partial charge is 0.0231 e. The van der Waals surface area contributed by atoms with Gasteiger partial charge in [-0.05, 0) is 31.1 Å². The Bertz CT molecular complexity index is 124. The molecule has 2 atom stereocenters. The van der Waals surface area contributed by atoms with Crippen LogP contribution < -0.4 is 0 Å². The van der Waals surface area contributed by atoms with Crippen molar-refractivity contribution in [1.29, 1.82) is 0 Å². The Kier molecular flexibility index (Phi) is 1.33. The Morgan fingerprint density at radius 2 is 2.22 bits per heavy atom. The molecule has 0 saturated heterocycles. The average molecular weight is 123 g/mol. The van der Waals surface area contributed by atoms with Gasteiger partial charge in [-0.2, -0.15) is 0 Å². The molecule has 0 amide bonds. The van der Waals surface area contributed by atoms with E-state index in [-0.39, 0.29) is 0 Å². The Morgan fingerprint density at radius 1 is 1.22 bits per heavy atom. The van der Waals surface area contributed by atoms with Crippen LogP contribution in [-0.2, 0) is 0 Å². The van der Waals surface area contributed by atoms with Crippen molar-refractivity contribution < 1.29 is 0 Å². The van der Waals surface area contributed by atoms with Gasteiger partial charge in [0, 0.05) is 0 Å². The van der Waals surface area contributed by atoms with E-state index in [2.05, 4.69) is 12.2 Å². The van der Waals surface area contributed by atoms with E-state index >= 15 is 0 Å². The largest absolute Gasteiger partial charge is 0.0880 e. The van der Waals surface area contributed by atoms with Crippen LogP contribution in [-0.4, -0.2) is 0 Å². The molecular formula is C9H14. The minimum atomic E-state index is 0.970. The summed E-state index contributed by atoms with van der Waals surface area (Å²) in [5.74, 6) is 2.03. The van der Waals surface area contributed by atoms with Gasteiger partial charge in [0.1, 0.15) is 0 Å². The van der Waals surface area contributed by atoms with Gasteiger partial charge in [0.2, 0.25) is 0 Å². The van der Waals surface area contributed by atoms with Crippen LogP contribution in [0.15, 0.2) is 12.2 Å². The van der Waals surface area contributed by atoms with Gasteiger partial charge < -0.3 is 0 Å². The fourth-order valence-corrected chi connectivity index (χ4v) is 2.18. The van der Waals surface area contributed by atoms with Crippen molar-refractivity contribution in [3.63, 3.8) is 0 Å². The number of hydrogen-bond donors (Lipinski definition) is 0. The van der Waals surface area contributed by atoms with Crippen LogP contribution in [0.25, 0.3) is 0 Å². The molecule has 0 spiro atoms. The molecule has 0 radical (unpaired) electrons. The summed E-state index contributed by atoms with van der Waals surface area (Å²) in [7, 11) is 0. The van der Waals surface area contributed by atoms with Crippen LogP contribution in [0, 0.1) is 11.8 Å². The summed E-state index contributed by atoms with van der Waals surface area (Å²) in [5.41, 5.74) is 0. The molecule has 0 aliphatic heterocycles. The zero-order chi connectivity index (χ0) is 6.10. The zero-order valence-corrected chi connectivity index (χ0v) is 5.84.